The predicted molar refractivity (Wildman–Crippen MR) is 341 cm³/mol. The highest BCUT2D eigenvalue weighted by atomic mass is 32.2. The molecule has 422 valence electrons. The van der Waals surface area contributed by atoms with Gasteiger partial charge in [-0.3, -0.25) is 19.3 Å². The molecule has 5 N–H and O–H groups in total. The number of hydrogen-bond acceptors (Lipinski definition) is 8. The molecule has 0 unspecified atom stereocenters. The number of thioether (sulfide) groups is 3. The Labute approximate surface area is 491 Å². The van der Waals surface area contributed by atoms with Crippen molar-refractivity contribution in [2.45, 2.75) is 142 Å². The van der Waals surface area contributed by atoms with Crippen molar-refractivity contribution in [3.63, 3.8) is 0 Å². The average molecular weight is 1130 g/mol. The fraction of sp³-hybridized carbons (Fsp3) is 0.348. The smallest absolute Gasteiger partial charge is 0.253 e. The van der Waals surface area contributed by atoms with Gasteiger partial charge >= 0.3 is 0 Å². The Morgan fingerprint density at radius 2 is 0.713 bits per heavy atom. The van der Waals surface area contributed by atoms with Crippen LogP contribution >= 0.6 is 35.3 Å². The van der Waals surface area contributed by atoms with Crippen LogP contribution < -0.4 is 21.7 Å². The van der Waals surface area contributed by atoms with Gasteiger partial charge in [-0.05, 0) is 246 Å². The van der Waals surface area contributed by atoms with Gasteiger partial charge < -0.3 is 21.7 Å². The molecule has 0 aromatic heterocycles. The Bertz CT molecular complexity index is 3260. The molecule has 11 heteroatoms. The van der Waals surface area contributed by atoms with E-state index in [1.807, 2.05) is 91.0 Å². The Kier molecular flexibility index (Phi) is 23.3. The molecule has 7 aromatic carbocycles. The SMILES string of the molecule is Cc1c(C)c(C)c(CSc2ccccc2C(=O)NCN2CCNCC2)c(C)c1C.Cc1c(C)c(C)c(CSc2ccccc2C(=O)NCc2ccccc2)c(C)c1C.Cc1c(C)c(C)c(CSc2ccccc2C(N)=O)c(C)c1C. The van der Waals surface area contributed by atoms with Crippen LogP contribution in [0.2, 0.25) is 0 Å². The molecule has 0 bridgehead atoms. The number of piperazine rings is 1. The van der Waals surface area contributed by atoms with Crippen LogP contribution in [0, 0.1) is 104 Å². The molecule has 0 atom stereocenters. The first-order valence-corrected chi connectivity index (χ1v) is 30.8. The average Bonchev–Trinajstić information content (AvgIpc) is 3.48. The highest BCUT2D eigenvalue weighted by Gasteiger charge is 2.20. The number of hydrogen-bond donors (Lipinski definition) is 4. The number of benzene rings is 7. The topological polar surface area (TPSA) is 117 Å². The number of primary amides is 1. The Hall–Kier alpha value is -6.08. The largest absolute Gasteiger partial charge is 0.366 e. The number of nitrogens with one attached hydrogen (secondary N) is 3. The van der Waals surface area contributed by atoms with Gasteiger partial charge in [0.1, 0.15) is 0 Å². The normalized spacial score (nSPS) is 12.2. The molecular weight excluding hydrogens is 1040 g/mol. The lowest BCUT2D eigenvalue weighted by Gasteiger charge is -2.27. The predicted octanol–water partition coefficient (Wildman–Crippen LogP) is 15.2. The van der Waals surface area contributed by atoms with Gasteiger partial charge in [0.2, 0.25) is 5.91 Å². The lowest BCUT2D eigenvalue weighted by Crippen LogP contribution is -2.48. The fourth-order valence-corrected chi connectivity index (χ4v) is 13.9. The van der Waals surface area contributed by atoms with Crippen LogP contribution in [0.3, 0.4) is 0 Å². The first-order chi connectivity index (χ1) is 38.1. The third kappa shape index (κ3) is 15.7. The summed E-state index contributed by atoms with van der Waals surface area (Å²) in [6.07, 6.45) is 0. The molecule has 8 nitrogen and oxygen atoms in total. The van der Waals surface area contributed by atoms with Gasteiger partial charge in [-0.15, -0.1) is 35.3 Å². The molecular formula is C69H85N5O3S3. The van der Waals surface area contributed by atoms with Crippen LogP contribution in [0.4, 0.5) is 0 Å². The van der Waals surface area contributed by atoms with E-state index < -0.39 is 0 Å². The van der Waals surface area contributed by atoms with E-state index in [0.29, 0.717) is 18.8 Å². The van der Waals surface area contributed by atoms with E-state index in [9.17, 15) is 14.4 Å². The maximum absolute atomic E-state index is 12.8. The third-order valence-corrected chi connectivity index (χ3v) is 20.3. The summed E-state index contributed by atoms with van der Waals surface area (Å²) in [6.45, 7) is 38.1. The van der Waals surface area contributed by atoms with Crippen molar-refractivity contribution >= 4 is 53.0 Å². The summed E-state index contributed by atoms with van der Waals surface area (Å²) < 4.78 is 0. The van der Waals surface area contributed by atoms with Crippen molar-refractivity contribution in [1.82, 2.24) is 20.9 Å². The van der Waals surface area contributed by atoms with Crippen molar-refractivity contribution in [3.05, 3.63) is 226 Å². The van der Waals surface area contributed by atoms with Crippen molar-refractivity contribution < 1.29 is 14.4 Å². The second kappa shape index (κ2) is 29.6. The molecule has 3 amide bonds. The number of nitrogens with zero attached hydrogens (tertiary/aromatic N) is 1. The van der Waals surface area contributed by atoms with Gasteiger partial charge in [-0.1, -0.05) is 66.7 Å². The second-order valence-electron chi connectivity index (χ2n) is 21.2. The minimum atomic E-state index is -0.368. The van der Waals surface area contributed by atoms with Gasteiger partial charge in [0.25, 0.3) is 11.8 Å². The van der Waals surface area contributed by atoms with Crippen LogP contribution in [0.15, 0.2) is 118 Å². The highest BCUT2D eigenvalue weighted by molar-refractivity contribution is 7.99. The van der Waals surface area contributed by atoms with E-state index in [2.05, 4.69) is 131 Å². The summed E-state index contributed by atoms with van der Waals surface area (Å²) in [4.78, 5) is 42.5. The lowest BCUT2D eigenvalue weighted by atomic mass is 9.90. The minimum absolute atomic E-state index is 0.0105. The number of nitrogens with two attached hydrogens (primary N) is 1. The Morgan fingerprint density at radius 1 is 0.412 bits per heavy atom. The standard InChI is InChI=1S/C26H29NOS.C24H33N3OS.C19H23NOS/c1-17-18(2)20(4)24(21(5)19(17)3)16-29-25-14-10-9-13-23(25)26(28)27-15-22-11-7-6-8-12-22;1-16-17(2)19(4)22(20(5)18(16)3)14-29-23-9-7-6-8-21(23)24(28)26-15-27-12-10-25-11-13-27;1-11-12(2)14(4)17(15(5)13(11)3)10-22-18-9-7-6-8-16(18)19(20)21/h6-14H,15-16H2,1-5H3,(H,27,28);6-9,25H,10-15H2,1-5H3,(H,26,28);6-9H,10H2,1-5H3,(H2,20,21). The molecule has 0 spiro atoms. The second-order valence-corrected chi connectivity index (χ2v) is 24.3. The van der Waals surface area contributed by atoms with Crippen molar-refractivity contribution in [2.75, 3.05) is 32.8 Å². The van der Waals surface area contributed by atoms with Crippen LogP contribution in [0.25, 0.3) is 0 Å². The summed E-state index contributed by atoms with van der Waals surface area (Å²) in [7, 11) is 0. The maximum atomic E-state index is 12.8. The zero-order chi connectivity index (χ0) is 58.4. The van der Waals surface area contributed by atoms with E-state index in [1.54, 1.807) is 41.4 Å². The summed E-state index contributed by atoms with van der Waals surface area (Å²) in [5, 5.41) is 9.49. The van der Waals surface area contributed by atoms with Crippen LogP contribution in [0.5, 0.6) is 0 Å². The van der Waals surface area contributed by atoms with Gasteiger partial charge in [0.05, 0.1) is 23.4 Å². The number of carbonyl (C=O) groups is 3. The molecule has 1 saturated heterocycles. The minimum Gasteiger partial charge on any atom is -0.366 e. The van der Waals surface area contributed by atoms with Gasteiger partial charge in [-0.2, -0.15) is 0 Å². The fourth-order valence-electron chi connectivity index (χ4n) is 10.2. The van der Waals surface area contributed by atoms with Crippen molar-refractivity contribution in [1.29, 1.82) is 0 Å². The Morgan fingerprint density at radius 3 is 1.07 bits per heavy atom. The van der Waals surface area contributed by atoms with Gasteiger partial charge in [0.15, 0.2) is 0 Å². The number of rotatable bonds is 16. The molecule has 1 aliphatic heterocycles. The molecule has 80 heavy (non-hydrogen) atoms. The van der Waals surface area contributed by atoms with E-state index >= 15 is 0 Å². The summed E-state index contributed by atoms with van der Waals surface area (Å²) >= 11 is 5.18. The molecule has 1 heterocycles. The lowest BCUT2D eigenvalue weighted by molar-refractivity contribution is 0.0912. The van der Waals surface area contributed by atoms with Crippen LogP contribution in [0.1, 0.15) is 137 Å². The van der Waals surface area contributed by atoms with E-state index in [0.717, 1.165) is 74.8 Å². The summed E-state index contributed by atoms with van der Waals surface area (Å²) in [5.74, 6) is 2.21. The zero-order valence-electron chi connectivity index (χ0n) is 50.2. The Balaban J connectivity index is 0.000000196. The van der Waals surface area contributed by atoms with Crippen LogP contribution in [-0.2, 0) is 23.8 Å². The van der Waals surface area contributed by atoms with E-state index in [-0.39, 0.29) is 17.7 Å². The van der Waals surface area contributed by atoms with Gasteiger partial charge in [-0.25, -0.2) is 0 Å². The summed E-state index contributed by atoms with van der Waals surface area (Å²) in [6, 6.07) is 33.4. The molecule has 0 aliphatic carbocycles. The summed E-state index contributed by atoms with van der Waals surface area (Å²) in [5.41, 5.74) is 33.4. The molecule has 0 radical (unpaired) electrons. The molecule has 1 fully saturated rings. The van der Waals surface area contributed by atoms with Gasteiger partial charge in [0, 0.05) is 64.7 Å². The van der Waals surface area contributed by atoms with Crippen LogP contribution in [-0.4, -0.2) is 55.5 Å². The maximum Gasteiger partial charge on any atom is 0.253 e. The third-order valence-electron chi connectivity index (χ3n) is 17.0. The highest BCUT2D eigenvalue weighted by Crippen LogP contribution is 2.36. The first kappa shape index (κ1) is 63.1. The number of amides is 3. The first-order valence-electron chi connectivity index (χ1n) is 27.8. The molecule has 1 aliphatic rings. The van der Waals surface area contributed by atoms with E-state index in [4.69, 9.17) is 5.73 Å². The van der Waals surface area contributed by atoms with Crippen molar-refractivity contribution in [3.8, 4) is 0 Å². The quantitative estimate of drug-likeness (QED) is 0.0707. The van der Waals surface area contributed by atoms with Crippen molar-refractivity contribution in [2.24, 2.45) is 5.73 Å². The molecule has 0 saturated carbocycles. The number of carbonyl (C=O) groups excluding carboxylic acids is 3. The van der Waals surface area contributed by atoms with E-state index in [1.165, 1.54) is 100 Å². The molecule has 7 aromatic rings. The zero-order valence-corrected chi connectivity index (χ0v) is 52.6. The molecule has 8 rings (SSSR count). The monoisotopic (exact) mass is 1130 g/mol.